The summed E-state index contributed by atoms with van der Waals surface area (Å²) in [6.45, 7) is 0.617. The highest BCUT2D eigenvalue weighted by Gasteiger charge is 2.34. The number of terminal acetylenes is 1. The quantitative estimate of drug-likeness (QED) is 0.430. The van der Waals surface area contributed by atoms with Gasteiger partial charge in [-0.2, -0.15) is 0 Å². The lowest BCUT2D eigenvalue weighted by molar-refractivity contribution is -0.00174. The van der Waals surface area contributed by atoms with Crippen molar-refractivity contribution in [2.24, 2.45) is 0 Å². The average molecular weight is 360 g/mol. The molecule has 72 valence electrons. The van der Waals surface area contributed by atoms with Crippen molar-refractivity contribution in [1.29, 1.82) is 0 Å². The molecule has 1 amide bonds. The Balaban J connectivity index is 2.39. The predicted octanol–water partition coefficient (Wildman–Crippen LogP) is 0.916. The van der Waals surface area contributed by atoms with Crippen LogP contribution in [0.4, 0.5) is 4.79 Å². The predicted molar refractivity (Wildman–Crippen MR) is 58.6 cm³/mol. The summed E-state index contributed by atoms with van der Waals surface area (Å²) in [6, 6.07) is 0. The molecule has 1 aliphatic heterocycles. The summed E-state index contributed by atoms with van der Waals surface area (Å²) < 4.78 is 3.79. The van der Waals surface area contributed by atoms with Crippen LogP contribution in [-0.2, 0) is 4.74 Å². The summed E-state index contributed by atoms with van der Waals surface area (Å²) >= 11 is 4.82. The second-order valence-corrected chi connectivity index (χ2v) is 6.71. The number of halogens is 2. The van der Waals surface area contributed by atoms with E-state index in [1.54, 1.807) is 22.6 Å². The number of hydrogen-bond donors (Lipinski definition) is 1. The summed E-state index contributed by atoms with van der Waals surface area (Å²) in [5.41, 5.74) is 0. The highest BCUT2D eigenvalue weighted by molar-refractivity contribution is 14.1. The SMILES string of the molecule is C#CC(Br)(I)OC(=O)N1CC(O)C1. The van der Waals surface area contributed by atoms with Crippen molar-refractivity contribution in [1.82, 2.24) is 4.90 Å². The maximum absolute atomic E-state index is 11.2. The van der Waals surface area contributed by atoms with Gasteiger partial charge in [-0.3, -0.25) is 0 Å². The van der Waals surface area contributed by atoms with Crippen LogP contribution >= 0.6 is 38.5 Å². The molecule has 1 atom stereocenters. The summed E-state index contributed by atoms with van der Waals surface area (Å²) in [5.74, 6) is 2.26. The van der Waals surface area contributed by atoms with Gasteiger partial charge >= 0.3 is 6.09 Å². The van der Waals surface area contributed by atoms with E-state index in [0.29, 0.717) is 13.1 Å². The number of aliphatic hydroxyl groups is 1. The molecule has 1 fully saturated rings. The van der Waals surface area contributed by atoms with Gasteiger partial charge < -0.3 is 14.7 Å². The number of rotatable bonds is 1. The average Bonchev–Trinajstić information content (AvgIpc) is 1.98. The molecule has 0 spiro atoms. The van der Waals surface area contributed by atoms with E-state index in [1.807, 2.05) is 0 Å². The zero-order chi connectivity index (χ0) is 10.1. The van der Waals surface area contributed by atoms with Gasteiger partial charge in [0, 0.05) is 0 Å². The van der Waals surface area contributed by atoms with Crippen molar-refractivity contribution in [2.75, 3.05) is 13.1 Å². The molecule has 1 saturated heterocycles. The fraction of sp³-hybridized carbons (Fsp3) is 0.571. The van der Waals surface area contributed by atoms with Crippen LogP contribution in [0.1, 0.15) is 0 Å². The van der Waals surface area contributed by atoms with Crippen LogP contribution in [0.3, 0.4) is 0 Å². The molecule has 0 saturated carbocycles. The first-order chi connectivity index (χ1) is 5.94. The van der Waals surface area contributed by atoms with Crippen LogP contribution in [0, 0.1) is 12.3 Å². The van der Waals surface area contributed by atoms with Crippen molar-refractivity contribution in [3.63, 3.8) is 0 Å². The molecule has 6 heteroatoms. The van der Waals surface area contributed by atoms with E-state index in [1.165, 1.54) is 4.90 Å². The largest absolute Gasteiger partial charge is 0.412 e. The van der Waals surface area contributed by atoms with Gasteiger partial charge in [-0.05, 0) is 44.4 Å². The Morgan fingerprint density at radius 3 is 2.77 bits per heavy atom. The van der Waals surface area contributed by atoms with Gasteiger partial charge in [-0.1, -0.05) is 0 Å². The number of ether oxygens (including phenoxy) is 1. The zero-order valence-corrected chi connectivity index (χ0v) is 10.3. The Kier molecular flexibility index (Phi) is 3.43. The van der Waals surface area contributed by atoms with Crippen LogP contribution < -0.4 is 0 Å². The van der Waals surface area contributed by atoms with Gasteiger partial charge in [0.15, 0.2) is 0 Å². The van der Waals surface area contributed by atoms with Gasteiger partial charge in [-0.15, -0.1) is 6.42 Å². The number of likely N-dealkylation sites (tertiary alicyclic amines) is 1. The second kappa shape index (κ2) is 4.02. The summed E-state index contributed by atoms with van der Waals surface area (Å²) in [4.78, 5) is 12.6. The molecule has 1 aliphatic rings. The maximum Gasteiger partial charge on any atom is 0.412 e. The van der Waals surface area contributed by atoms with Gasteiger partial charge in [0.25, 0.3) is 2.52 Å². The van der Waals surface area contributed by atoms with Crippen LogP contribution in [0.2, 0.25) is 0 Å². The topological polar surface area (TPSA) is 49.8 Å². The number of alkyl halides is 2. The molecule has 0 bridgehead atoms. The first-order valence-electron chi connectivity index (χ1n) is 3.46. The third-order valence-electron chi connectivity index (χ3n) is 1.50. The fourth-order valence-corrected chi connectivity index (χ4v) is 1.13. The molecule has 0 aromatic carbocycles. The molecule has 0 aliphatic carbocycles. The minimum atomic E-state index is -1.09. The number of carbonyl (C=O) groups excluding carboxylic acids is 1. The molecule has 4 nitrogen and oxygen atoms in total. The first kappa shape index (κ1) is 11.1. The zero-order valence-electron chi connectivity index (χ0n) is 6.54. The van der Waals surface area contributed by atoms with Gasteiger partial charge in [0.2, 0.25) is 0 Å². The highest BCUT2D eigenvalue weighted by Crippen LogP contribution is 2.28. The molecule has 1 heterocycles. The molecular formula is C7H7BrINO3. The molecule has 13 heavy (non-hydrogen) atoms. The number of nitrogens with zero attached hydrogens (tertiary/aromatic N) is 1. The third-order valence-corrected chi connectivity index (χ3v) is 2.43. The van der Waals surface area contributed by atoms with E-state index in [0.717, 1.165) is 0 Å². The Morgan fingerprint density at radius 1 is 1.85 bits per heavy atom. The van der Waals surface area contributed by atoms with Crippen LogP contribution in [0.15, 0.2) is 0 Å². The fourth-order valence-electron chi connectivity index (χ4n) is 0.808. The van der Waals surface area contributed by atoms with Crippen LogP contribution in [-0.4, -0.2) is 37.8 Å². The lowest BCUT2D eigenvalue weighted by Gasteiger charge is -2.35. The van der Waals surface area contributed by atoms with Gasteiger partial charge in [0.1, 0.15) is 0 Å². The smallest absolute Gasteiger partial charge is 0.410 e. The number of β-amino-alcohol motifs (C(OH)–C–C–N with tert-alkyl or cyclic N) is 1. The normalized spacial score (nSPS) is 21.2. The van der Waals surface area contributed by atoms with Crippen molar-refractivity contribution < 1.29 is 14.6 Å². The Bertz CT molecular complexity index is 257. The number of carbonyl (C=O) groups is 1. The van der Waals surface area contributed by atoms with Crippen molar-refractivity contribution >= 4 is 44.6 Å². The van der Waals surface area contributed by atoms with E-state index in [9.17, 15) is 4.79 Å². The molecule has 1 N–H and O–H groups in total. The lowest BCUT2D eigenvalue weighted by Crippen LogP contribution is -2.54. The number of amides is 1. The van der Waals surface area contributed by atoms with E-state index < -0.39 is 14.7 Å². The van der Waals surface area contributed by atoms with Crippen LogP contribution in [0.5, 0.6) is 0 Å². The Hall–Kier alpha value is 0.0000000000000000347. The minimum absolute atomic E-state index is 0.309. The van der Waals surface area contributed by atoms with Crippen molar-refractivity contribution in [3.05, 3.63) is 0 Å². The molecule has 0 aromatic rings. The first-order valence-corrected chi connectivity index (χ1v) is 5.33. The van der Waals surface area contributed by atoms with E-state index in [2.05, 4.69) is 21.9 Å². The standard InChI is InChI=1S/C7H7BrINO3/c1-2-7(8,9)13-6(12)10-3-5(11)4-10/h1,5,11H,3-4H2. The Labute approximate surface area is 97.9 Å². The molecule has 1 rings (SSSR count). The summed E-state index contributed by atoms with van der Waals surface area (Å²) in [7, 11) is 0. The van der Waals surface area contributed by atoms with Gasteiger partial charge in [0.05, 0.1) is 19.2 Å². The Morgan fingerprint density at radius 2 is 2.38 bits per heavy atom. The molecule has 1 unspecified atom stereocenters. The molecular weight excluding hydrogens is 353 g/mol. The second-order valence-electron chi connectivity index (χ2n) is 2.59. The highest BCUT2D eigenvalue weighted by atomic mass is 127. The molecule has 0 aromatic heterocycles. The maximum atomic E-state index is 11.2. The van der Waals surface area contributed by atoms with Gasteiger partial charge in [-0.25, -0.2) is 4.79 Å². The van der Waals surface area contributed by atoms with E-state index in [4.69, 9.17) is 16.3 Å². The number of aliphatic hydroxyl groups excluding tert-OH is 1. The molecule has 0 radical (unpaired) electrons. The minimum Gasteiger partial charge on any atom is -0.410 e. The summed E-state index contributed by atoms with van der Waals surface area (Å²) in [5, 5.41) is 8.92. The lowest BCUT2D eigenvalue weighted by atomic mass is 10.2. The summed E-state index contributed by atoms with van der Waals surface area (Å²) in [6.07, 6.45) is 4.14. The third kappa shape index (κ3) is 3.00. The number of hydrogen-bond acceptors (Lipinski definition) is 3. The van der Waals surface area contributed by atoms with E-state index >= 15 is 0 Å². The monoisotopic (exact) mass is 359 g/mol. The van der Waals surface area contributed by atoms with E-state index in [-0.39, 0.29) is 0 Å². The van der Waals surface area contributed by atoms with Crippen LogP contribution in [0.25, 0.3) is 0 Å². The van der Waals surface area contributed by atoms with Crippen molar-refractivity contribution in [3.8, 4) is 12.3 Å². The van der Waals surface area contributed by atoms with Crippen molar-refractivity contribution in [2.45, 2.75) is 8.62 Å².